The Morgan fingerprint density at radius 3 is 2.87 bits per heavy atom. The Balaban J connectivity index is 2.33. The van der Waals surface area contributed by atoms with Gasteiger partial charge in [-0.25, -0.2) is 4.98 Å². The van der Waals surface area contributed by atoms with Crippen LogP contribution in [0.1, 0.15) is 6.92 Å². The van der Waals surface area contributed by atoms with Gasteiger partial charge < -0.3 is 5.32 Å². The number of hydrogen-bond donors (Lipinski definition) is 1. The van der Waals surface area contributed by atoms with Crippen molar-refractivity contribution in [1.29, 1.82) is 0 Å². The molecule has 2 rings (SSSR count). The van der Waals surface area contributed by atoms with E-state index in [9.17, 15) is 0 Å². The summed E-state index contributed by atoms with van der Waals surface area (Å²) < 4.78 is 0. The summed E-state index contributed by atoms with van der Waals surface area (Å²) >= 11 is 0. The number of pyridine rings is 1. The van der Waals surface area contributed by atoms with Crippen LogP contribution in [0.4, 0.5) is 5.82 Å². The molecule has 2 heterocycles. The van der Waals surface area contributed by atoms with Crippen molar-refractivity contribution < 1.29 is 0 Å². The van der Waals surface area contributed by atoms with Gasteiger partial charge in [0.1, 0.15) is 11.5 Å². The fourth-order valence-electron chi connectivity index (χ4n) is 1.27. The molecule has 0 unspecified atom stereocenters. The first-order valence-corrected chi connectivity index (χ1v) is 4.87. The van der Waals surface area contributed by atoms with Crippen LogP contribution >= 0.6 is 0 Å². The van der Waals surface area contributed by atoms with Gasteiger partial charge in [0.15, 0.2) is 0 Å². The molecule has 0 fully saturated rings. The predicted molar refractivity (Wildman–Crippen MR) is 59.4 cm³/mol. The topological polar surface area (TPSA) is 50.7 Å². The maximum atomic E-state index is 4.40. The van der Waals surface area contributed by atoms with E-state index in [4.69, 9.17) is 0 Å². The van der Waals surface area contributed by atoms with Gasteiger partial charge in [0.05, 0.1) is 18.1 Å². The van der Waals surface area contributed by atoms with Gasteiger partial charge in [-0.2, -0.15) is 0 Å². The van der Waals surface area contributed by atoms with Gasteiger partial charge in [-0.05, 0) is 19.1 Å². The minimum absolute atomic E-state index is 0.778. The van der Waals surface area contributed by atoms with Crippen molar-refractivity contribution in [3.8, 4) is 11.4 Å². The monoisotopic (exact) mass is 200 g/mol. The highest BCUT2D eigenvalue weighted by atomic mass is 15.0. The Hall–Kier alpha value is -1.97. The molecule has 76 valence electrons. The zero-order valence-electron chi connectivity index (χ0n) is 8.51. The van der Waals surface area contributed by atoms with E-state index in [1.54, 1.807) is 18.6 Å². The summed E-state index contributed by atoms with van der Waals surface area (Å²) in [5, 5.41) is 3.12. The second kappa shape index (κ2) is 4.50. The van der Waals surface area contributed by atoms with Crippen LogP contribution in [0.25, 0.3) is 11.4 Å². The number of aromatic nitrogens is 3. The van der Waals surface area contributed by atoms with Gasteiger partial charge in [0, 0.05) is 12.7 Å². The second-order valence-electron chi connectivity index (χ2n) is 3.03. The highest BCUT2D eigenvalue weighted by Crippen LogP contribution is 2.13. The smallest absolute Gasteiger partial charge is 0.145 e. The van der Waals surface area contributed by atoms with Crippen molar-refractivity contribution in [2.45, 2.75) is 6.92 Å². The predicted octanol–water partition coefficient (Wildman–Crippen LogP) is 1.97. The molecule has 0 radical (unpaired) electrons. The number of nitrogens with zero attached hydrogens (tertiary/aromatic N) is 3. The summed E-state index contributed by atoms with van der Waals surface area (Å²) in [6, 6.07) is 5.73. The molecule has 0 atom stereocenters. The third-order valence-corrected chi connectivity index (χ3v) is 1.92. The van der Waals surface area contributed by atoms with E-state index < -0.39 is 0 Å². The van der Waals surface area contributed by atoms with E-state index >= 15 is 0 Å². The molecule has 1 N–H and O–H groups in total. The molecule has 0 saturated heterocycles. The largest absolute Gasteiger partial charge is 0.369 e. The molecular formula is C11H12N4. The lowest BCUT2D eigenvalue weighted by atomic mass is 10.3. The van der Waals surface area contributed by atoms with E-state index in [1.165, 1.54) is 0 Å². The molecule has 4 nitrogen and oxygen atoms in total. The first-order chi connectivity index (χ1) is 7.40. The molecule has 0 aliphatic rings. The molecule has 0 aliphatic heterocycles. The lowest BCUT2D eigenvalue weighted by Crippen LogP contribution is -2.00. The van der Waals surface area contributed by atoms with Crippen molar-refractivity contribution >= 4 is 5.82 Å². The molecular weight excluding hydrogens is 188 g/mol. The van der Waals surface area contributed by atoms with E-state index in [2.05, 4.69) is 20.3 Å². The van der Waals surface area contributed by atoms with Crippen LogP contribution in [-0.4, -0.2) is 21.5 Å². The maximum absolute atomic E-state index is 4.40. The highest BCUT2D eigenvalue weighted by Gasteiger charge is 2.01. The third kappa shape index (κ3) is 2.28. The first-order valence-electron chi connectivity index (χ1n) is 4.87. The van der Waals surface area contributed by atoms with Gasteiger partial charge in [0.25, 0.3) is 0 Å². The summed E-state index contributed by atoms with van der Waals surface area (Å²) in [6.45, 7) is 2.86. The summed E-state index contributed by atoms with van der Waals surface area (Å²) in [5.74, 6) is 0.778. The van der Waals surface area contributed by atoms with Crippen molar-refractivity contribution in [2.75, 3.05) is 11.9 Å². The van der Waals surface area contributed by atoms with Crippen molar-refractivity contribution in [1.82, 2.24) is 15.0 Å². The van der Waals surface area contributed by atoms with Gasteiger partial charge >= 0.3 is 0 Å². The van der Waals surface area contributed by atoms with Gasteiger partial charge in [-0.15, -0.1) is 0 Å². The lowest BCUT2D eigenvalue weighted by Gasteiger charge is -2.03. The number of rotatable bonds is 3. The molecule has 0 bridgehead atoms. The minimum Gasteiger partial charge on any atom is -0.369 e. The quantitative estimate of drug-likeness (QED) is 0.823. The fraction of sp³-hybridized carbons (Fsp3) is 0.182. The van der Waals surface area contributed by atoms with E-state index in [0.717, 1.165) is 23.8 Å². The molecule has 4 heteroatoms. The molecule has 0 aromatic carbocycles. The number of hydrogen-bond acceptors (Lipinski definition) is 4. The SMILES string of the molecule is CCNc1cncc(-c2ccccn2)n1. The molecule has 15 heavy (non-hydrogen) atoms. The van der Waals surface area contributed by atoms with Crippen LogP contribution in [0.3, 0.4) is 0 Å². The van der Waals surface area contributed by atoms with Crippen molar-refractivity contribution in [2.24, 2.45) is 0 Å². The molecule has 0 saturated carbocycles. The Bertz CT molecular complexity index is 428. The molecule has 2 aromatic heterocycles. The summed E-state index contributed by atoms with van der Waals surface area (Å²) in [6.07, 6.45) is 5.16. The van der Waals surface area contributed by atoms with Crippen LogP contribution in [0.2, 0.25) is 0 Å². The standard InChI is InChI=1S/C11H12N4/c1-2-13-11-8-12-7-10(15-11)9-5-3-4-6-14-9/h3-8H,2H2,1H3,(H,13,15). The Morgan fingerprint density at radius 2 is 2.13 bits per heavy atom. The maximum Gasteiger partial charge on any atom is 0.145 e. The van der Waals surface area contributed by atoms with Crippen LogP contribution in [0, 0.1) is 0 Å². The van der Waals surface area contributed by atoms with Gasteiger partial charge in [-0.3, -0.25) is 9.97 Å². The fourth-order valence-corrected chi connectivity index (χ4v) is 1.27. The second-order valence-corrected chi connectivity index (χ2v) is 3.03. The van der Waals surface area contributed by atoms with Gasteiger partial charge in [-0.1, -0.05) is 6.07 Å². The third-order valence-electron chi connectivity index (χ3n) is 1.92. The summed E-state index contributed by atoms with van der Waals surface area (Å²) in [4.78, 5) is 12.7. The van der Waals surface area contributed by atoms with Gasteiger partial charge in [0.2, 0.25) is 0 Å². The lowest BCUT2D eigenvalue weighted by molar-refractivity contribution is 1.11. The number of anilines is 1. The molecule has 2 aromatic rings. The van der Waals surface area contributed by atoms with Crippen molar-refractivity contribution in [3.63, 3.8) is 0 Å². The minimum atomic E-state index is 0.778. The van der Waals surface area contributed by atoms with Crippen LogP contribution in [0.5, 0.6) is 0 Å². The first kappa shape index (κ1) is 9.58. The molecule has 0 amide bonds. The van der Waals surface area contributed by atoms with Crippen LogP contribution in [0.15, 0.2) is 36.8 Å². The van der Waals surface area contributed by atoms with Crippen molar-refractivity contribution in [3.05, 3.63) is 36.8 Å². The van der Waals surface area contributed by atoms with E-state index in [-0.39, 0.29) is 0 Å². The molecule has 0 spiro atoms. The normalized spacial score (nSPS) is 9.93. The summed E-state index contributed by atoms with van der Waals surface area (Å²) in [5.41, 5.74) is 1.62. The highest BCUT2D eigenvalue weighted by molar-refractivity contribution is 5.54. The van der Waals surface area contributed by atoms with Crippen LogP contribution in [-0.2, 0) is 0 Å². The van der Waals surface area contributed by atoms with E-state index in [1.807, 2.05) is 25.1 Å². The Kier molecular flexibility index (Phi) is 2.88. The molecule has 0 aliphatic carbocycles. The number of nitrogens with one attached hydrogen (secondary N) is 1. The van der Waals surface area contributed by atoms with Crippen LogP contribution < -0.4 is 5.32 Å². The average Bonchev–Trinajstić information content (AvgIpc) is 2.31. The average molecular weight is 200 g/mol. The van der Waals surface area contributed by atoms with E-state index in [0.29, 0.717) is 0 Å². The summed E-state index contributed by atoms with van der Waals surface area (Å²) in [7, 11) is 0. The zero-order valence-corrected chi connectivity index (χ0v) is 8.51. The Labute approximate surface area is 88.4 Å². The zero-order chi connectivity index (χ0) is 10.5. The Morgan fingerprint density at radius 1 is 1.20 bits per heavy atom.